The van der Waals surface area contributed by atoms with E-state index in [9.17, 15) is 18.0 Å². The van der Waals surface area contributed by atoms with Crippen molar-refractivity contribution in [3.8, 4) is 11.5 Å². The number of nitrogens with one attached hydrogen (secondary N) is 1. The van der Waals surface area contributed by atoms with Crippen LogP contribution in [0.2, 0.25) is 5.02 Å². The molecule has 0 spiro atoms. The summed E-state index contributed by atoms with van der Waals surface area (Å²) in [5, 5.41) is 3.64. The molecule has 1 N–H and O–H groups in total. The number of nitrogens with zero attached hydrogens (tertiary/aromatic N) is 2. The van der Waals surface area contributed by atoms with Crippen molar-refractivity contribution in [3.63, 3.8) is 0 Å². The molecular formula is C33H38ClN3O6S. The van der Waals surface area contributed by atoms with Crippen molar-refractivity contribution in [3.05, 3.63) is 88.9 Å². The van der Waals surface area contributed by atoms with E-state index in [1.165, 1.54) is 4.90 Å². The summed E-state index contributed by atoms with van der Waals surface area (Å²) in [4.78, 5) is 29.9. The Kier molecular flexibility index (Phi) is 10.3. The van der Waals surface area contributed by atoms with Gasteiger partial charge in [-0.05, 0) is 42.2 Å². The first-order valence-corrected chi connectivity index (χ1v) is 17.2. The van der Waals surface area contributed by atoms with Gasteiger partial charge in [0.05, 0.1) is 11.9 Å². The number of anilines is 1. The van der Waals surface area contributed by atoms with Crippen LogP contribution >= 0.6 is 11.6 Å². The van der Waals surface area contributed by atoms with E-state index < -0.39 is 28.5 Å². The number of carbonyl (C=O) groups is 2. The van der Waals surface area contributed by atoms with Gasteiger partial charge < -0.3 is 19.7 Å². The Morgan fingerprint density at radius 1 is 0.932 bits per heavy atom. The topological polar surface area (TPSA) is 105 Å². The van der Waals surface area contributed by atoms with Crippen LogP contribution < -0.4 is 19.1 Å². The Balaban J connectivity index is 1.51. The fourth-order valence-electron chi connectivity index (χ4n) is 5.71. The molecule has 3 aromatic rings. The minimum Gasteiger partial charge on any atom is -0.486 e. The van der Waals surface area contributed by atoms with Crippen molar-refractivity contribution in [2.75, 3.05) is 30.3 Å². The zero-order valence-electron chi connectivity index (χ0n) is 24.8. The smallest absolute Gasteiger partial charge is 0.244 e. The number of hydrogen-bond donors (Lipinski definition) is 1. The van der Waals surface area contributed by atoms with Crippen LogP contribution in [0.25, 0.3) is 0 Å². The highest BCUT2D eigenvalue weighted by Crippen LogP contribution is 2.35. The van der Waals surface area contributed by atoms with Crippen LogP contribution in [-0.4, -0.2) is 63.2 Å². The van der Waals surface area contributed by atoms with E-state index in [-0.39, 0.29) is 30.6 Å². The Bertz CT molecular complexity index is 1560. The second kappa shape index (κ2) is 14.3. The molecule has 0 bridgehead atoms. The normalized spacial score (nSPS) is 15.7. The van der Waals surface area contributed by atoms with Gasteiger partial charge in [-0.3, -0.25) is 13.9 Å². The maximum absolute atomic E-state index is 14.3. The first kappa shape index (κ1) is 31.7. The van der Waals surface area contributed by atoms with Gasteiger partial charge in [-0.25, -0.2) is 8.42 Å². The van der Waals surface area contributed by atoms with E-state index in [2.05, 4.69) is 5.32 Å². The van der Waals surface area contributed by atoms with Crippen LogP contribution in [0.5, 0.6) is 11.5 Å². The van der Waals surface area contributed by atoms with Crippen LogP contribution in [0.1, 0.15) is 43.2 Å². The van der Waals surface area contributed by atoms with E-state index in [0.717, 1.165) is 48.2 Å². The Hall–Kier alpha value is -3.76. The van der Waals surface area contributed by atoms with Gasteiger partial charge in [-0.2, -0.15) is 0 Å². The lowest BCUT2D eigenvalue weighted by molar-refractivity contribution is -0.140. The summed E-state index contributed by atoms with van der Waals surface area (Å²) >= 11 is 6.54. The molecule has 1 aliphatic carbocycles. The van der Waals surface area contributed by atoms with Crippen molar-refractivity contribution in [2.45, 2.75) is 57.2 Å². The van der Waals surface area contributed by atoms with Crippen molar-refractivity contribution in [1.82, 2.24) is 10.2 Å². The number of hydrogen-bond acceptors (Lipinski definition) is 6. The molecule has 1 atom stereocenters. The maximum atomic E-state index is 14.3. The van der Waals surface area contributed by atoms with Crippen molar-refractivity contribution in [2.24, 2.45) is 0 Å². The number of benzene rings is 3. The van der Waals surface area contributed by atoms with E-state index in [4.69, 9.17) is 21.1 Å². The molecule has 1 saturated carbocycles. The first-order valence-electron chi connectivity index (χ1n) is 14.9. The second-order valence-electron chi connectivity index (χ2n) is 11.3. The molecule has 0 saturated heterocycles. The summed E-state index contributed by atoms with van der Waals surface area (Å²) < 4.78 is 38.5. The summed E-state index contributed by atoms with van der Waals surface area (Å²) in [6.45, 7) is 0.220. The monoisotopic (exact) mass is 639 g/mol. The highest BCUT2D eigenvalue weighted by molar-refractivity contribution is 7.92. The lowest BCUT2D eigenvalue weighted by atomic mass is 9.94. The van der Waals surface area contributed by atoms with Crippen LogP contribution in [0.15, 0.2) is 72.8 Å². The summed E-state index contributed by atoms with van der Waals surface area (Å²) in [5.74, 6) is 0.0929. The predicted molar refractivity (Wildman–Crippen MR) is 171 cm³/mol. The van der Waals surface area contributed by atoms with Crippen LogP contribution in [-0.2, 0) is 32.6 Å². The third-order valence-corrected chi connectivity index (χ3v) is 9.52. The SMILES string of the molecule is CS(=O)(=O)N(CC(=O)N(Cc1ccccc1Cl)[C@H](Cc1ccccc1)C(=O)NC1CCCCC1)c1ccc2c(c1)OCCO2. The highest BCUT2D eigenvalue weighted by Gasteiger charge is 2.34. The molecule has 0 aromatic heterocycles. The first-order chi connectivity index (χ1) is 21.2. The third-order valence-electron chi connectivity index (χ3n) is 8.01. The van der Waals surface area contributed by atoms with Crippen molar-refractivity contribution >= 4 is 39.1 Å². The zero-order chi connectivity index (χ0) is 31.1. The standard InChI is InChI=1S/C33H38ClN3O6S/c1-44(40,41)37(27-16-17-30-31(21-27)43-19-18-42-30)23-32(38)36(22-25-12-8-9-15-28(25)34)29(20-24-10-4-2-5-11-24)33(39)35-26-13-6-3-7-14-26/h2,4-5,8-12,15-17,21,26,29H,3,6-7,13-14,18-20,22-23H2,1H3,(H,35,39)/t29-/m1/s1. The third kappa shape index (κ3) is 8.04. The Labute approximate surface area is 264 Å². The molecule has 1 fully saturated rings. The summed E-state index contributed by atoms with van der Waals surface area (Å²) in [5.41, 5.74) is 1.78. The van der Waals surface area contributed by atoms with Gasteiger partial charge in [-0.15, -0.1) is 0 Å². The van der Waals surface area contributed by atoms with Crippen molar-refractivity contribution < 1.29 is 27.5 Å². The fraction of sp³-hybridized carbons (Fsp3) is 0.394. The van der Waals surface area contributed by atoms with E-state index in [1.54, 1.807) is 36.4 Å². The lowest BCUT2D eigenvalue weighted by Gasteiger charge is -2.35. The number of ether oxygens (including phenoxy) is 2. The molecule has 5 rings (SSSR count). The quantitative estimate of drug-likeness (QED) is 0.318. The molecule has 44 heavy (non-hydrogen) atoms. The zero-order valence-corrected chi connectivity index (χ0v) is 26.4. The molecule has 11 heteroatoms. The fourth-order valence-corrected chi connectivity index (χ4v) is 6.75. The Morgan fingerprint density at radius 3 is 2.32 bits per heavy atom. The molecule has 1 aliphatic heterocycles. The second-order valence-corrected chi connectivity index (χ2v) is 13.6. The van der Waals surface area contributed by atoms with Gasteiger partial charge in [0, 0.05) is 30.1 Å². The number of sulfonamides is 1. The Morgan fingerprint density at radius 2 is 1.61 bits per heavy atom. The van der Waals surface area contributed by atoms with Gasteiger partial charge in [0.1, 0.15) is 25.8 Å². The predicted octanol–water partition coefficient (Wildman–Crippen LogP) is 4.97. The van der Waals surface area contributed by atoms with Crippen LogP contribution in [0, 0.1) is 0 Å². The average Bonchev–Trinajstić information content (AvgIpc) is 3.02. The maximum Gasteiger partial charge on any atom is 0.244 e. The van der Waals surface area contributed by atoms with E-state index in [1.807, 2.05) is 36.4 Å². The number of halogens is 1. The van der Waals surface area contributed by atoms with E-state index in [0.29, 0.717) is 35.3 Å². The largest absolute Gasteiger partial charge is 0.486 e. The van der Waals surface area contributed by atoms with Crippen LogP contribution in [0.4, 0.5) is 5.69 Å². The summed E-state index contributed by atoms with van der Waals surface area (Å²) in [7, 11) is -3.92. The number of carbonyl (C=O) groups excluding carboxylic acids is 2. The molecule has 0 radical (unpaired) electrons. The van der Waals surface area contributed by atoms with Crippen LogP contribution in [0.3, 0.4) is 0 Å². The minimum absolute atomic E-state index is 0.0207. The average molecular weight is 640 g/mol. The number of rotatable bonds is 11. The van der Waals surface area contributed by atoms with Gasteiger partial charge in [0.15, 0.2) is 11.5 Å². The number of amides is 2. The molecule has 1 heterocycles. The molecule has 9 nitrogen and oxygen atoms in total. The summed E-state index contributed by atoms with van der Waals surface area (Å²) in [6.07, 6.45) is 6.27. The van der Waals surface area contributed by atoms with Gasteiger partial charge in [0.25, 0.3) is 0 Å². The lowest BCUT2D eigenvalue weighted by Crippen LogP contribution is -2.55. The van der Waals surface area contributed by atoms with Gasteiger partial charge >= 0.3 is 0 Å². The molecule has 234 valence electrons. The minimum atomic E-state index is -3.92. The molecule has 3 aromatic carbocycles. The van der Waals surface area contributed by atoms with Gasteiger partial charge in [-0.1, -0.05) is 79.4 Å². The summed E-state index contributed by atoms with van der Waals surface area (Å²) in [6, 6.07) is 20.5. The molecule has 0 unspecified atom stereocenters. The molecule has 2 amide bonds. The van der Waals surface area contributed by atoms with Crippen molar-refractivity contribution in [1.29, 1.82) is 0 Å². The number of fused-ring (bicyclic) bond motifs is 1. The molecular weight excluding hydrogens is 602 g/mol. The van der Waals surface area contributed by atoms with E-state index >= 15 is 0 Å². The highest BCUT2D eigenvalue weighted by atomic mass is 35.5. The molecule has 2 aliphatic rings. The van der Waals surface area contributed by atoms with Gasteiger partial charge in [0.2, 0.25) is 21.8 Å².